The predicted octanol–water partition coefficient (Wildman–Crippen LogP) is 1.66. The van der Waals surface area contributed by atoms with E-state index in [2.05, 4.69) is 9.97 Å². The van der Waals surface area contributed by atoms with E-state index in [9.17, 15) is 4.79 Å². The van der Waals surface area contributed by atoms with Crippen LogP contribution in [0.5, 0.6) is 0 Å². The summed E-state index contributed by atoms with van der Waals surface area (Å²) in [6.45, 7) is 2.97. The highest BCUT2D eigenvalue weighted by atomic mass is 16.5. The molecule has 3 rings (SSSR count). The molecule has 5 nitrogen and oxygen atoms in total. The molecule has 2 aromatic heterocycles. The van der Waals surface area contributed by atoms with Gasteiger partial charge in [-0.1, -0.05) is 6.92 Å². The smallest absolute Gasteiger partial charge is 0.257 e. The Hall–Kier alpha value is -1.88. The van der Waals surface area contributed by atoms with Crippen molar-refractivity contribution in [1.29, 1.82) is 0 Å². The van der Waals surface area contributed by atoms with Crippen molar-refractivity contribution in [2.45, 2.75) is 26.4 Å². The van der Waals surface area contributed by atoms with Gasteiger partial charge in [0.05, 0.1) is 24.5 Å². The van der Waals surface area contributed by atoms with Gasteiger partial charge in [-0.25, -0.2) is 4.98 Å². The van der Waals surface area contributed by atoms with Gasteiger partial charge in [0.15, 0.2) is 11.6 Å². The summed E-state index contributed by atoms with van der Waals surface area (Å²) in [5.41, 5.74) is 1.31. The number of aromatic amines is 1. The lowest BCUT2D eigenvalue weighted by Gasteiger charge is -2.14. The van der Waals surface area contributed by atoms with Crippen molar-refractivity contribution in [2.24, 2.45) is 0 Å². The zero-order valence-electron chi connectivity index (χ0n) is 10.2. The molecule has 0 bridgehead atoms. The number of furan rings is 1. The van der Waals surface area contributed by atoms with E-state index in [4.69, 9.17) is 9.15 Å². The van der Waals surface area contributed by atoms with Crippen molar-refractivity contribution in [3.05, 3.63) is 39.5 Å². The number of nitrogens with one attached hydrogen (secondary N) is 1. The largest absolute Gasteiger partial charge is 0.458 e. The second-order valence-electron chi connectivity index (χ2n) is 4.26. The molecule has 1 aliphatic rings. The Morgan fingerprint density at radius 3 is 3.11 bits per heavy atom. The number of rotatable bonds is 2. The van der Waals surface area contributed by atoms with Crippen molar-refractivity contribution in [3.63, 3.8) is 0 Å². The van der Waals surface area contributed by atoms with Gasteiger partial charge in [-0.2, -0.15) is 0 Å². The Morgan fingerprint density at radius 1 is 1.44 bits per heavy atom. The number of aryl methyl sites for hydroxylation is 1. The van der Waals surface area contributed by atoms with Gasteiger partial charge in [-0.05, 0) is 12.1 Å². The molecule has 0 fully saturated rings. The first kappa shape index (κ1) is 11.2. The molecule has 0 aromatic carbocycles. The summed E-state index contributed by atoms with van der Waals surface area (Å²) in [5.74, 6) is 1.99. The lowest BCUT2D eigenvalue weighted by Crippen LogP contribution is -2.24. The Balaban J connectivity index is 2.07. The van der Waals surface area contributed by atoms with Gasteiger partial charge in [0.1, 0.15) is 5.76 Å². The lowest BCUT2D eigenvalue weighted by molar-refractivity contribution is 0.108. The zero-order valence-corrected chi connectivity index (χ0v) is 10.2. The van der Waals surface area contributed by atoms with E-state index in [1.165, 1.54) is 0 Å². The summed E-state index contributed by atoms with van der Waals surface area (Å²) < 4.78 is 10.9. The fourth-order valence-electron chi connectivity index (χ4n) is 2.06. The van der Waals surface area contributed by atoms with E-state index in [-0.39, 0.29) is 5.56 Å². The van der Waals surface area contributed by atoms with E-state index >= 15 is 0 Å². The van der Waals surface area contributed by atoms with Gasteiger partial charge in [0, 0.05) is 12.8 Å². The van der Waals surface area contributed by atoms with Crippen LogP contribution < -0.4 is 5.56 Å². The molecular formula is C13H14N2O3. The normalized spacial score (nSPS) is 14.5. The molecule has 0 aliphatic carbocycles. The van der Waals surface area contributed by atoms with Gasteiger partial charge >= 0.3 is 0 Å². The third kappa shape index (κ3) is 1.86. The molecule has 94 valence electrons. The number of fused-ring (bicyclic) bond motifs is 1. The van der Waals surface area contributed by atoms with Crippen molar-refractivity contribution in [1.82, 2.24) is 9.97 Å². The van der Waals surface area contributed by atoms with Crippen molar-refractivity contribution in [3.8, 4) is 11.6 Å². The highest BCUT2D eigenvalue weighted by Gasteiger charge is 2.17. The molecule has 18 heavy (non-hydrogen) atoms. The Kier molecular flexibility index (Phi) is 2.76. The quantitative estimate of drug-likeness (QED) is 0.875. The number of nitrogens with zero attached hydrogens (tertiary/aromatic N) is 1. The summed E-state index contributed by atoms with van der Waals surface area (Å²) in [7, 11) is 0. The molecule has 0 unspecified atom stereocenters. The number of aromatic nitrogens is 2. The third-order valence-corrected chi connectivity index (χ3v) is 3.07. The summed E-state index contributed by atoms with van der Waals surface area (Å²) >= 11 is 0. The van der Waals surface area contributed by atoms with Crippen LogP contribution in [-0.2, 0) is 24.2 Å². The van der Waals surface area contributed by atoms with Crippen LogP contribution in [0.2, 0.25) is 0 Å². The molecule has 0 radical (unpaired) electrons. The summed E-state index contributed by atoms with van der Waals surface area (Å²) in [4.78, 5) is 19.1. The maximum absolute atomic E-state index is 11.9. The molecule has 3 heterocycles. The molecule has 0 saturated carbocycles. The van der Waals surface area contributed by atoms with E-state index < -0.39 is 0 Å². The van der Waals surface area contributed by atoms with Gasteiger partial charge in [-0.15, -0.1) is 0 Å². The molecule has 1 aliphatic heterocycles. The van der Waals surface area contributed by atoms with Crippen LogP contribution in [0, 0.1) is 0 Å². The maximum Gasteiger partial charge on any atom is 0.257 e. The Morgan fingerprint density at radius 2 is 2.33 bits per heavy atom. The number of H-pyrrole nitrogens is 1. The third-order valence-electron chi connectivity index (χ3n) is 3.07. The number of ether oxygens (including phenoxy) is 1. The molecule has 1 N–H and O–H groups in total. The van der Waals surface area contributed by atoms with Crippen molar-refractivity contribution >= 4 is 0 Å². The average molecular weight is 246 g/mol. The minimum absolute atomic E-state index is 0.135. The molecule has 5 heteroatoms. The number of hydrogen-bond acceptors (Lipinski definition) is 4. The SMILES string of the molecule is CCc1ccc(-c2nc3c(c(=O)[nH]2)COCC3)o1. The predicted molar refractivity (Wildman–Crippen MR) is 65.3 cm³/mol. The van der Waals surface area contributed by atoms with E-state index in [0.29, 0.717) is 36.8 Å². The minimum Gasteiger partial charge on any atom is -0.458 e. The fourth-order valence-corrected chi connectivity index (χ4v) is 2.06. The van der Waals surface area contributed by atoms with Crippen LogP contribution >= 0.6 is 0 Å². The Bertz CT molecular complexity index is 627. The highest BCUT2D eigenvalue weighted by Crippen LogP contribution is 2.20. The summed E-state index contributed by atoms with van der Waals surface area (Å²) in [6, 6.07) is 3.74. The van der Waals surface area contributed by atoms with E-state index in [1.54, 1.807) is 0 Å². The minimum atomic E-state index is -0.135. The zero-order chi connectivity index (χ0) is 12.5. The van der Waals surface area contributed by atoms with Crippen LogP contribution in [-0.4, -0.2) is 16.6 Å². The van der Waals surface area contributed by atoms with Gasteiger partial charge in [-0.3, -0.25) is 4.79 Å². The fraction of sp³-hybridized carbons (Fsp3) is 0.385. The van der Waals surface area contributed by atoms with E-state index in [0.717, 1.165) is 17.9 Å². The summed E-state index contributed by atoms with van der Waals surface area (Å²) in [5, 5.41) is 0. The second-order valence-corrected chi connectivity index (χ2v) is 4.26. The second kappa shape index (κ2) is 4.42. The molecular weight excluding hydrogens is 232 g/mol. The molecule has 0 saturated heterocycles. The first-order chi connectivity index (χ1) is 8.78. The van der Waals surface area contributed by atoms with Crippen molar-refractivity contribution < 1.29 is 9.15 Å². The lowest BCUT2D eigenvalue weighted by atomic mass is 10.1. The molecule has 0 spiro atoms. The highest BCUT2D eigenvalue weighted by molar-refractivity contribution is 5.47. The topological polar surface area (TPSA) is 68.1 Å². The van der Waals surface area contributed by atoms with Crippen LogP contribution in [0.4, 0.5) is 0 Å². The van der Waals surface area contributed by atoms with Gasteiger partial charge in [0.2, 0.25) is 0 Å². The van der Waals surface area contributed by atoms with Gasteiger partial charge < -0.3 is 14.1 Å². The number of hydrogen-bond donors (Lipinski definition) is 1. The first-order valence-electron chi connectivity index (χ1n) is 6.07. The maximum atomic E-state index is 11.9. The molecule has 0 amide bonds. The molecule has 0 atom stereocenters. The Labute approximate surface area is 104 Å². The first-order valence-corrected chi connectivity index (χ1v) is 6.07. The van der Waals surface area contributed by atoms with Crippen LogP contribution in [0.1, 0.15) is 23.9 Å². The van der Waals surface area contributed by atoms with Gasteiger partial charge in [0.25, 0.3) is 5.56 Å². The average Bonchev–Trinajstić information content (AvgIpc) is 2.87. The molecule has 2 aromatic rings. The monoisotopic (exact) mass is 246 g/mol. The van der Waals surface area contributed by atoms with Crippen LogP contribution in [0.15, 0.2) is 21.3 Å². The van der Waals surface area contributed by atoms with Crippen LogP contribution in [0.25, 0.3) is 11.6 Å². The van der Waals surface area contributed by atoms with Crippen LogP contribution in [0.3, 0.4) is 0 Å². The summed E-state index contributed by atoms with van der Waals surface area (Å²) in [6.07, 6.45) is 1.50. The van der Waals surface area contributed by atoms with E-state index in [1.807, 2.05) is 19.1 Å². The standard InChI is InChI=1S/C13H14N2O3/c1-2-8-3-4-11(18-8)12-14-10-5-6-17-7-9(10)13(16)15-12/h3-4H,2,5-7H2,1H3,(H,14,15,16). The van der Waals surface area contributed by atoms with Crippen molar-refractivity contribution in [2.75, 3.05) is 6.61 Å².